The van der Waals surface area contributed by atoms with Gasteiger partial charge < -0.3 is 10.1 Å². The average Bonchev–Trinajstić information content (AvgIpc) is 2.33. The summed E-state index contributed by atoms with van der Waals surface area (Å²) in [5, 5.41) is 3.38. The highest BCUT2D eigenvalue weighted by molar-refractivity contribution is 4.79. The van der Waals surface area contributed by atoms with Gasteiger partial charge >= 0.3 is 0 Å². The molecule has 2 atom stereocenters. The molecule has 0 radical (unpaired) electrons. The highest BCUT2D eigenvalue weighted by Crippen LogP contribution is 2.36. The van der Waals surface area contributed by atoms with Crippen LogP contribution < -0.4 is 5.32 Å². The molecule has 1 aliphatic heterocycles. The average molecular weight is 225 g/mol. The van der Waals surface area contributed by atoms with Gasteiger partial charge in [-0.3, -0.25) is 0 Å². The quantitative estimate of drug-likeness (QED) is 0.794. The summed E-state index contributed by atoms with van der Waals surface area (Å²) in [5.74, 6) is 2.89. The first-order chi connectivity index (χ1) is 7.90. The first-order valence-electron chi connectivity index (χ1n) is 7.12. The van der Waals surface area contributed by atoms with Crippen molar-refractivity contribution in [3.05, 3.63) is 0 Å². The van der Waals surface area contributed by atoms with Crippen molar-refractivity contribution >= 4 is 0 Å². The van der Waals surface area contributed by atoms with Crippen molar-refractivity contribution in [3.8, 4) is 0 Å². The largest absolute Gasteiger partial charge is 0.381 e. The molecule has 0 bridgehead atoms. The minimum atomic E-state index is 0.946. The standard InChI is InChI=1S/C14H27NO/c1-15-11-14-5-3-2-4-13(14)10-12-6-8-16-9-7-12/h12-15H,2-11H2,1H3. The van der Waals surface area contributed by atoms with E-state index in [0.29, 0.717) is 0 Å². The van der Waals surface area contributed by atoms with Crippen molar-refractivity contribution in [2.45, 2.75) is 44.9 Å². The molecule has 2 heteroatoms. The van der Waals surface area contributed by atoms with Crippen LogP contribution in [0.25, 0.3) is 0 Å². The molecule has 2 aliphatic rings. The van der Waals surface area contributed by atoms with Crippen LogP contribution in [0.3, 0.4) is 0 Å². The second-order valence-corrected chi connectivity index (χ2v) is 5.65. The van der Waals surface area contributed by atoms with Crippen LogP contribution in [0.5, 0.6) is 0 Å². The number of nitrogens with one attached hydrogen (secondary N) is 1. The van der Waals surface area contributed by atoms with Gasteiger partial charge in [-0.25, -0.2) is 0 Å². The van der Waals surface area contributed by atoms with Gasteiger partial charge in [-0.1, -0.05) is 19.3 Å². The minimum Gasteiger partial charge on any atom is -0.381 e. The predicted molar refractivity (Wildman–Crippen MR) is 67.5 cm³/mol. The van der Waals surface area contributed by atoms with Crippen molar-refractivity contribution in [2.24, 2.45) is 17.8 Å². The van der Waals surface area contributed by atoms with Crippen molar-refractivity contribution < 1.29 is 4.74 Å². The maximum Gasteiger partial charge on any atom is 0.0468 e. The SMILES string of the molecule is CNCC1CCCCC1CC1CCOCC1. The predicted octanol–water partition coefficient (Wildman–Crippen LogP) is 2.83. The molecule has 2 rings (SSSR count). The van der Waals surface area contributed by atoms with E-state index in [9.17, 15) is 0 Å². The fourth-order valence-corrected chi connectivity index (χ4v) is 3.54. The van der Waals surface area contributed by atoms with Gasteiger partial charge in [-0.05, 0) is 57.0 Å². The van der Waals surface area contributed by atoms with Gasteiger partial charge in [0.2, 0.25) is 0 Å². The molecule has 0 amide bonds. The fraction of sp³-hybridized carbons (Fsp3) is 1.00. The van der Waals surface area contributed by atoms with E-state index in [0.717, 1.165) is 31.0 Å². The van der Waals surface area contributed by atoms with Gasteiger partial charge in [0.25, 0.3) is 0 Å². The van der Waals surface area contributed by atoms with E-state index in [1.807, 2.05) is 0 Å². The third-order valence-corrected chi connectivity index (χ3v) is 4.51. The van der Waals surface area contributed by atoms with Gasteiger partial charge in [0, 0.05) is 13.2 Å². The van der Waals surface area contributed by atoms with Crippen LogP contribution in [-0.4, -0.2) is 26.8 Å². The molecule has 0 aromatic heterocycles. The molecule has 2 fully saturated rings. The van der Waals surface area contributed by atoms with Crippen LogP contribution in [0.2, 0.25) is 0 Å². The number of rotatable bonds is 4. The molecule has 1 N–H and O–H groups in total. The Labute approximate surface area is 100 Å². The van der Waals surface area contributed by atoms with Crippen molar-refractivity contribution in [2.75, 3.05) is 26.8 Å². The topological polar surface area (TPSA) is 21.3 Å². The molecular formula is C14H27NO. The summed E-state index contributed by atoms with van der Waals surface area (Å²) in [6.07, 6.45) is 9.93. The molecular weight excluding hydrogens is 198 g/mol. The van der Waals surface area contributed by atoms with E-state index in [1.165, 1.54) is 51.5 Å². The van der Waals surface area contributed by atoms with Gasteiger partial charge in [0.15, 0.2) is 0 Å². The summed E-state index contributed by atoms with van der Waals surface area (Å²) >= 11 is 0. The fourth-order valence-electron chi connectivity index (χ4n) is 3.54. The highest BCUT2D eigenvalue weighted by atomic mass is 16.5. The van der Waals surface area contributed by atoms with E-state index >= 15 is 0 Å². The Kier molecular flexibility index (Phi) is 5.11. The van der Waals surface area contributed by atoms with Gasteiger partial charge in [0.1, 0.15) is 0 Å². The Balaban J connectivity index is 1.80. The Morgan fingerprint density at radius 1 is 1.00 bits per heavy atom. The lowest BCUT2D eigenvalue weighted by Gasteiger charge is -2.35. The van der Waals surface area contributed by atoms with Gasteiger partial charge in [0.05, 0.1) is 0 Å². The van der Waals surface area contributed by atoms with E-state index in [-0.39, 0.29) is 0 Å². The molecule has 1 saturated carbocycles. The highest BCUT2D eigenvalue weighted by Gasteiger charge is 2.27. The summed E-state index contributed by atoms with van der Waals surface area (Å²) < 4.78 is 5.45. The maximum atomic E-state index is 5.45. The Morgan fingerprint density at radius 2 is 1.69 bits per heavy atom. The Morgan fingerprint density at radius 3 is 2.38 bits per heavy atom. The molecule has 1 saturated heterocycles. The smallest absolute Gasteiger partial charge is 0.0468 e. The van der Waals surface area contributed by atoms with Crippen LogP contribution >= 0.6 is 0 Å². The minimum absolute atomic E-state index is 0.946. The molecule has 1 aliphatic carbocycles. The van der Waals surface area contributed by atoms with Gasteiger partial charge in [-0.2, -0.15) is 0 Å². The second-order valence-electron chi connectivity index (χ2n) is 5.65. The zero-order chi connectivity index (χ0) is 11.2. The van der Waals surface area contributed by atoms with Crippen molar-refractivity contribution in [1.29, 1.82) is 0 Å². The second kappa shape index (κ2) is 6.61. The van der Waals surface area contributed by atoms with Gasteiger partial charge in [-0.15, -0.1) is 0 Å². The number of hydrogen-bond donors (Lipinski definition) is 1. The maximum absolute atomic E-state index is 5.45. The van der Waals surface area contributed by atoms with Crippen LogP contribution in [0.15, 0.2) is 0 Å². The lowest BCUT2D eigenvalue weighted by molar-refractivity contribution is 0.0507. The molecule has 0 spiro atoms. The van der Waals surface area contributed by atoms with Crippen molar-refractivity contribution in [3.63, 3.8) is 0 Å². The van der Waals surface area contributed by atoms with E-state index in [1.54, 1.807) is 0 Å². The first kappa shape index (κ1) is 12.4. The number of hydrogen-bond acceptors (Lipinski definition) is 2. The van der Waals surface area contributed by atoms with E-state index in [2.05, 4.69) is 12.4 Å². The molecule has 2 unspecified atom stereocenters. The molecule has 16 heavy (non-hydrogen) atoms. The lowest BCUT2D eigenvalue weighted by atomic mass is 9.73. The molecule has 0 aromatic rings. The van der Waals surface area contributed by atoms with Crippen molar-refractivity contribution in [1.82, 2.24) is 5.32 Å². The normalized spacial score (nSPS) is 32.8. The zero-order valence-electron chi connectivity index (χ0n) is 10.7. The number of ether oxygens (including phenoxy) is 1. The molecule has 0 aromatic carbocycles. The first-order valence-corrected chi connectivity index (χ1v) is 7.12. The Hall–Kier alpha value is -0.0800. The summed E-state index contributed by atoms with van der Waals surface area (Å²) in [6.45, 7) is 3.25. The monoisotopic (exact) mass is 225 g/mol. The molecule has 1 heterocycles. The molecule has 94 valence electrons. The van der Waals surface area contributed by atoms with E-state index < -0.39 is 0 Å². The zero-order valence-corrected chi connectivity index (χ0v) is 10.7. The van der Waals surface area contributed by atoms with Crippen LogP contribution in [0.4, 0.5) is 0 Å². The third-order valence-electron chi connectivity index (χ3n) is 4.51. The summed E-state index contributed by atoms with van der Waals surface area (Å²) in [6, 6.07) is 0. The van der Waals surface area contributed by atoms with Crippen LogP contribution in [0.1, 0.15) is 44.9 Å². The van der Waals surface area contributed by atoms with Crippen LogP contribution in [0, 0.1) is 17.8 Å². The molecule has 2 nitrogen and oxygen atoms in total. The summed E-state index contributed by atoms with van der Waals surface area (Å²) in [4.78, 5) is 0. The Bertz CT molecular complexity index is 187. The summed E-state index contributed by atoms with van der Waals surface area (Å²) in [5.41, 5.74) is 0. The van der Waals surface area contributed by atoms with E-state index in [4.69, 9.17) is 4.74 Å². The summed E-state index contributed by atoms with van der Waals surface area (Å²) in [7, 11) is 2.10. The van der Waals surface area contributed by atoms with Crippen LogP contribution in [-0.2, 0) is 4.74 Å². The lowest BCUT2D eigenvalue weighted by Crippen LogP contribution is -2.31. The third kappa shape index (κ3) is 3.46.